The highest BCUT2D eigenvalue weighted by molar-refractivity contribution is 7.98. The predicted molar refractivity (Wildman–Crippen MR) is 79.2 cm³/mol. The SMILES string of the molecule is CCc1nc(CSc2ccc(C)c(C(=O)O)c2)cs1. The fraction of sp³-hybridized carbons (Fsp3) is 0.286. The van der Waals surface area contributed by atoms with Crippen LogP contribution in [0.25, 0.3) is 0 Å². The Kier molecular flexibility index (Phi) is 4.61. The molecule has 1 aromatic heterocycles. The second kappa shape index (κ2) is 6.21. The number of nitrogens with zero attached hydrogens (tertiary/aromatic N) is 1. The highest BCUT2D eigenvalue weighted by Gasteiger charge is 2.08. The first-order chi connectivity index (χ1) is 9.10. The fourth-order valence-corrected chi connectivity index (χ4v) is 3.33. The number of thiazole rings is 1. The van der Waals surface area contributed by atoms with Gasteiger partial charge in [0.2, 0.25) is 0 Å². The summed E-state index contributed by atoms with van der Waals surface area (Å²) < 4.78 is 0. The number of aryl methyl sites for hydroxylation is 2. The number of carboxylic acid groups (broad SMARTS) is 1. The lowest BCUT2D eigenvalue weighted by atomic mass is 10.1. The first-order valence-corrected chi connectivity index (χ1v) is 7.86. The standard InChI is InChI=1S/C14H15NO2S2/c1-3-13-15-10(8-19-13)7-18-11-5-4-9(2)12(6-11)14(16)17/h4-6,8H,3,7H2,1-2H3,(H,16,17). The van der Waals surface area contributed by atoms with Gasteiger partial charge < -0.3 is 5.11 Å². The zero-order valence-corrected chi connectivity index (χ0v) is 12.5. The van der Waals surface area contributed by atoms with Gasteiger partial charge >= 0.3 is 5.97 Å². The number of aromatic nitrogens is 1. The molecule has 1 aromatic carbocycles. The average Bonchev–Trinajstić information content (AvgIpc) is 2.85. The van der Waals surface area contributed by atoms with E-state index in [2.05, 4.69) is 17.3 Å². The van der Waals surface area contributed by atoms with E-state index in [-0.39, 0.29) is 0 Å². The molecule has 0 spiro atoms. The van der Waals surface area contributed by atoms with Gasteiger partial charge in [-0.25, -0.2) is 9.78 Å². The maximum absolute atomic E-state index is 11.1. The molecule has 0 radical (unpaired) electrons. The molecule has 19 heavy (non-hydrogen) atoms. The maximum Gasteiger partial charge on any atom is 0.335 e. The third-order valence-electron chi connectivity index (χ3n) is 2.73. The van der Waals surface area contributed by atoms with Gasteiger partial charge in [0.25, 0.3) is 0 Å². The van der Waals surface area contributed by atoms with Crippen molar-refractivity contribution in [3.63, 3.8) is 0 Å². The van der Waals surface area contributed by atoms with Crippen molar-refractivity contribution >= 4 is 29.1 Å². The van der Waals surface area contributed by atoms with Gasteiger partial charge in [0.1, 0.15) is 0 Å². The Morgan fingerprint density at radius 3 is 2.89 bits per heavy atom. The van der Waals surface area contributed by atoms with E-state index >= 15 is 0 Å². The monoisotopic (exact) mass is 293 g/mol. The van der Waals surface area contributed by atoms with Gasteiger partial charge in [-0.3, -0.25) is 0 Å². The molecule has 0 aliphatic rings. The summed E-state index contributed by atoms with van der Waals surface area (Å²) in [6.07, 6.45) is 0.961. The number of aromatic carboxylic acids is 1. The summed E-state index contributed by atoms with van der Waals surface area (Å²) in [6, 6.07) is 5.54. The van der Waals surface area contributed by atoms with Crippen LogP contribution in [0.4, 0.5) is 0 Å². The van der Waals surface area contributed by atoms with Crippen LogP contribution in [0.3, 0.4) is 0 Å². The van der Waals surface area contributed by atoms with E-state index in [4.69, 9.17) is 5.11 Å². The van der Waals surface area contributed by atoms with E-state index in [0.717, 1.165) is 33.3 Å². The molecule has 100 valence electrons. The molecule has 0 aliphatic heterocycles. The van der Waals surface area contributed by atoms with Gasteiger partial charge in [-0.2, -0.15) is 0 Å². The Hall–Kier alpha value is -1.33. The van der Waals surface area contributed by atoms with Gasteiger partial charge in [0, 0.05) is 16.0 Å². The molecular formula is C14H15NO2S2. The minimum absolute atomic E-state index is 0.373. The maximum atomic E-state index is 11.1. The Morgan fingerprint density at radius 1 is 1.47 bits per heavy atom. The van der Waals surface area contributed by atoms with Crippen LogP contribution in [0.5, 0.6) is 0 Å². The summed E-state index contributed by atoms with van der Waals surface area (Å²) >= 11 is 3.30. The van der Waals surface area contributed by atoms with Crippen LogP contribution in [0.2, 0.25) is 0 Å². The van der Waals surface area contributed by atoms with Crippen molar-refractivity contribution < 1.29 is 9.90 Å². The summed E-state index contributed by atoms with van der Waals surface area (Å²) in [5.74, 6) is -0.0969. The van der Waals surface area contributed by atoms with E-state index < -0.39 is 5.97 Å². The lowest BCUT2D eigenvalue weighted by Gasteiger charge is -2.04. The van der Waals surface area contributed by atoms with Crippen molar-refractivity contribution in [2.45, 2.75) is 30.9 Å². The zero-order valence-electron chi connectivity index (χ0n) is 10.8. The average molecular weight is 293 g/mol. The molecule has 0 bridgehead atoms. The fourth-order valence-electron chi connectivity index (χ4n) is 1.66. The number of carboxylic acids is 1. The van der Waals surface area contributed by atoms with Crippen LogP contribution < -0.4 is 0 Å². The van der Waals surface area contributed by atoms with Crippen molar-refractivity contribution in [3.05, 3.63) is 45.4 Å². The van der Waals surface area contributed by atoms with Crippen LogP contribution in [0, 0.1) is 6.92 Å². The molecule has 1 N–H and O–H groups in total. The highest BCUT2D eigenvalue weighted by Crippen LogP contribution is 2.25. The minimum atomic E-state index is -0.873. The normalized spacial score (nSPS) is 10.6. The molecule has 5 heteroatoms. The van der Waals surface area contributed by atoms with Gasteiger partial charge in [-0.1, -0.05) is 13.0 Å². The van der Waals surface area contributed by atoms with Gasteiger partial charge in [-0.15, -0.1) is 23.1 Å². The summed E-state index contributed by atoms with van der Waals surface area (Å²) in [5.41, 5.74) is 2.22. The summed E-state index contributed by atoms with van der Waals surface area (Å²) in [7, 11) is 0. The molecule has 0 unspecified atom stereocenters. The molecular weight excluding hydrogens is 278 g/mol. The van der Waals surface area contributed by atoms with E-state index in [1.807, 2.05) is 19.1 Å². The lowest BCUT2D eigenvalue weighted by Crippen LogP contribution is -1.99. The van der Waals surface area contributed by atoms with Crippen molar-refractivity contribution in [2.24, 2.45) is 0 Å². The molecule has 0 saturated heterocycles. The van der Waals surface area contributed by atoms with Gasteiger partial charge in [0.15, 0.2) is 0 Å². The van der Waals surface area contributed by atoms with Crippen LogP contribution in [-0.4, -0.2) is 16.1 Å². The molecule has 0 atom stereocenters. The zero-order chi connectivity index (χ0) is 13.8. The van der Waals surface area contributed by atoms with Crippen molar-refractivity contribution in [1.29, 1.82) is 0 Å². The largest absolute Gasteiger partial charge is 0.478 e. The Balaban J connectivity index is 2.07. The third-order valence-corrected chi connectivity index (χ3v) is 4.80. The predicted octanol–water partition coefficient (Wildman–Crippen LogP) is 4.00. The van der Waals surface area contributed by atoms with E-state index in [1.54, 1.807) is 29.2 Å². The van der Waals surface area contributed by atoms with E-state index in [1.165, 1.54) is 0 Å². The van der Waals surface area contributed by atoms with Crippen LogP contribution in [0.15, 0.2) is 28.5 Å². The minimum Gasteiger partial charge on any atom is -0.478 e. The quantitative estimate of drug-likeness (QED) is 0.846. The Morgan fingerprint density at radius 2 is 2.26 bits per heavy atom. The number of carbonyl (C=O) groups is 1. The highest BCUT2D eigenvalue weighted by atomic mass is 32.2. The first kappa shape index (κ1) is 14.1. The molecule has 0 saturated carbocycles. The van der Waals surface area contributed by atoms with Gasteiger partial charge in [-0.05, 0) is 31.0 Å². The molecule has 1 heterocycles. The van der Waals surface area contributed by atoms with Gasteiger partial charge in [0.05, 0.1) is 16.3 Å². The molecule has 0 amide bonds. The summed E-state index contributed by atoms with van der Waals surface area (Å²) in [5, 5.41) is 12.3. The first-order valence-electron chi connectivity index (χ1n) is 6.00. The number of benzene rings is 1. The number of rotatable bonds is 5. The number of thioether (sulfide) groups is 1. The molecule has 0 aliphatic carbocycles. The third kappa shape index (κ3) is 3.58. The van der Waals surface area contributed by atoms with E-state index in [9.17, 15) is 4.79 Å². The molecule has 2 rings (SSSR count). The van der Waals surface area contributed by atoms with Crippen LogP contribution in [0.1, 0.15) is 33.5 Å². The smallest absolute Gasteiger partial charge is 0.335 e. The lowest BCUT2D eigenvalue weighted by molar-refractivity contribution is 0.0696. The van der Waals surface area contributed by atoms with Crippen LogP contribution >= 0.6 is 23.1 Å². The molecule has 0 fully saturated rings. The molecule has 2 aromatic rings. The van der Waals surface area contributed by atoms with E-state index in [0.29, 0.717) is 5.56 Å². The van der Waals surface area contributed by atoms with Crippen molar-refractivity contribution in [2.75, 3.05) is 0 Å². The Bertz CT molecular complexity index is 593. The summed E-state index contributed by atoms with van der Waals surface area (Å²) in [6.45, 7) is 3.90. The number of hydrogen-bond donors (Lipinski definition) is 1. The van der Waals surface area contributed by atoms with Crippen LogP contribution in [-0.2, 0) is 12.2 Å². The van der Waals surface area contributed by atoms with Crippen molar-refractivity contribution in [1.82, 2.24) is 4.98 Å². The molecule has 3 nitrogen and oxygen atoms in total. The van der Waals surface area contributed by atoms with Crippen molar-refractivity contribution in [3.8, 4) is 0 Å². The number of hydrogen-bond acceptors (Lipinski definition) is 4. The Labute approximate surface area is 120 Å². The second-order valence-corrected chi connectivity index (χ2v) is 6.15. The topological polar surface area (TPSA) is 50.2 Å². The summed E-state index contributed by atoms with van der Waals surface area (Å²) in [4.78, 5) is 16.5. The second-order valence-electron chi connectivity index (χ2n) is 4.16.